The number of benzene rings is 3. The molecule has 2 heterocycles. The van der Waals surface area contributed by atoms with Crippen LogP contribution in [-0.2, 0) is 10.5 Å². The van der Waals surface area contributed by atoms with Crippen LogP contribution in [0.2, 0.25) is 0 Å². The lowest BCUT2D eigenvalue weighted by Crippen LogP contribution is -2.61. The molecule has 0 saturated carbocycles. The molecule has 3 aromatic carbocycles. The number of carbonyl (C=O) groups excluding carboxylic acids is 2. The van der Waals surface area contributed by atoms with Gasteiger partial charge in [0.05, 0.1) is 18.4 Å². The van der Waals surface area contributed by atoms with Crippen LogP contribution in [0, 0.1) is 5.82 Å². The topological polar surface area (TPSA) is 70.7 Å². The molecule has 2 N–H and O–H groups in total. The number of anilines is 3. The summed E-state index contributed by atoms with van der Waals surface area (Å²) in [7, 11) is 1.54. The fourth-order valence-corrected chi connectivity index (χ4v) is 3.95. The Morgan fingerprint density at radius 3 is 2.48 bits per heavy atom. The zero-order valence-electron chi connectivity index (χ0n) is 15.4. The largest absolute Gasteiger partial charge is 0.497 e. The molecule has 0 aliphatic carbocycles. The van der Waals surface area contributed by atoms with Crippen molar-refractivity contribution in [1.29, 1.82) is 0 Å². The quantitative estimate of drug-likeness (QED) is 0.701. The van der Waals surface area contributed by atoms with Gasteiger partial charge in [0.1, 0.15) is 11.6 Å². The Hall–Kier alpha value is -3.87. The summed E-state index contributed by atoms with van der Waals surface area (Å²) in [5, 5.41) is 6.11. The molecule has 5 rings (SSSR count). The van der Waals surface area contributed by atoms with Crippen molar-refractivity contribution in [3.63, 3.8) is 0 Å². The van der Waals surface area contributed by atoms with Crippen LogP contribution in [0.15, 0.2) is 66.7 Å². The van der Waals surface area contributed by atoms with E-state index >= 15 is 0 Å². The number of fused-ring (bicyclic) bond motifs is 3. The standard InChI is InChI=1S/C22H16FN3O3/c1-29-15-10-11-17-19(12-15)24-21(28)22(17)25-18-5-3-2-4-16(18)20(27)26(22)14-8-6-13(23)7-9-14/h2-12,25H,1H3,(H,24,28). The van der Waals surface area contributed by atoms with Gasteiger partial charge in [0, 0.05) is 23.0 Å². The Morgan fingerprint density at radius 2 is 1.72 bits per heavy atom. The first kappa shape index (κ1) is 17.2. The highest BCUT2D eigenvalue weighted by molar-refractivity contribution is 6.22. The molecule has 0 saturated heterocycles. The van der Waals surface area contributed by atoms with Crippen LogP contribution in [0.25, 0.3) is 0 Å². The van der Waals surface area contributed by atoms with Gasteiger partial charge < -0.3 is 15.4 Å². The van der Waals surface area contributed by atoms with E-state index in [1.807, 2.05) is 0 Å². The summed E-state index contributed by atoms with van der Waals surface area (Å²) in [6.45, 7) is 0. The highest BCUT2D eigenvalue weighted by Crippen LogP contribution is 2.48. The molecule has 1 unspecified atom stereocenters. The maximum atomic E-state index is 13.5. The van der Waals surface area contributed by atoms with Crippen molar-refractivity contribution in [3.05, 3.63) is 83.7 Å². The smallest absolute Gasteiger partial charge is 0.276 e. The summed E-state index contributed by atoms with van der Waals surface area (Å²) in [5.41, 5.74) is 0.992. The second-order valence-electron chi connectivity index (χ2n) is 6.86. The van der Waals surface area contributed by atoms with Crippen molar-refractivity contribution < 1.29 is 18.7 Å². The predicted molar refractivity (Wildman–Crippen MR) is 107 cm³/mol. The van der Waals surface area contributed by atoms with Crippen molar-refractivity contribution in [2.45, 2.75) is 5.66 Å². The van der Waals surface area contributed by atoms with Crippen molar-refractivity contribution in [2.24, 2.45) is 0 Å². The van der Waals surface area contributed by atoms with Crippen LogP contribution in [0.4, 0.5) is 21.5 Å². The number of nitrogens with one attached hydrogen (secondary N) is 2. The fourth-order valence-electron chi connectivity index (χ4n) is 3.95. The van der Waals surface area contributed by atoms with E-state index in [0.29, 0.717) is 33.9 Å². The Balaban J connectivity index is 1.79. The molecule has 7 heteroatoms. The first-order valence-corrected chi connectivity index (χ1v) is 9.02. The SMILES string of the molecule is COc1ccc2c(c1)NC(=O)C21Nc2ccccc2C(=O)N1c1ccc(F)cc1. The third-order valence-corrected chi connectivity index (χ3v) is 5.29. The third-order valence-electron chi connectivity index (χ3n) is 5.29. The van der Waals surface area contributed by atoms with Crippen LogP contribution in [-0.4, -0.2) is 18.9 Å². The summed E-state index contributed by atoms with van der Waals surface area (Å²) < 4.78 is 18.8. The number of methoxy groups -OCH3 is 1. The molecule has 2 aliphatic rings. The molecule has 0 aromatic heterocycles. The van der Waals surface area contributed by atoms with Crippen molar-refractivity contribution in [3.8, 4) is 5.75 Å². The average Bonchev–Trinajstić information content (AvgIpc) is 3.00. The van der Waals surface area contributed by atoms with Gasteiger partial charge in [0.2, 0.25) is 5.66 Å². The van der Waals surface area contributed by atoms with Gasteiger partial charge in [-0.05, 0) is 48.5 Å². The van der Waals surface area contributed by atoms with Crippen LogP contribution < -0.4 is 20.3 Å². The molecule has 3 aromatic rings. The fraction of sp³-hybridized carbons (Fsp3) is 0.0909. The molecular formula is C22H16FN3O3. The van der Waals surface area contributed by atoms with E-state index in [1.54, 1.807) is 42.5 Å². The number of hydrogen-bond acceptors (Lipinski definition) is 4. The van der Waals surface area contributed by atoms with Crippen LogP contribution >= 0.6 is 0 Å². The average molecular weight is 389 g/mol. The van der Waals surface area contributed by atoms with Crippen LogP contribution in [0.1, 0.15) is 15.9 Å². The summed E-state index contributed by atoms with van der Waals surface area (Å²) in [6.07, 6.45) is 0. The molecule has 0 radical (unpaired) electrons. The Bertz CT molecular complexity index is 1160. The third kappa shape index (κ3) is 2.34. The molecule has 1 spiro atoms. The summed E-state index contributed by atoms with van der Waals surface area (Å²) in [6, 6.07) is 17.7. The zero-order valence-corrected chi connectivity index (χ0v) is 15.4. The number of halogens is 1. The molecule has 6 nitrogen and oxygen atoms in total. The van der Waals surface area contributed by atoms with Crippen LogP contribution in [0.5, 0.6) is 5.75 Å². The molecule has 0 fully saturated rings. The van der Waals surface area contributed by atoms with E-state index in [4.69, 9.17) is 4.74 Å². The van der Waals surface area contributed by atoms with Gasteiger partial charge in [-0.25, -0.2) is 4.39 Å². The van der Waals surface area contributed by atoms with E-state index in [9.17, 15) is 14.0 Å². The van der Waals surface area contributed by atoms with E-state index < -0.39 is 17.4 Å². The number of para-hydroxylation sites is 1. The van der Waals surface area contributed by atoms with E-state index in [2.05, 4.69) is 10.6 Å². The summed E-state index contributed by atoms with van der Waals surface area (Å²) >= 11 is 0. The van der Waals surface area contributed by atoms with E-state index in [0.717, 1.165) is 0 Å². The Labute approximate surface area is 165 Å². The molecule has 2 aliphatic heterocycles. The van der Waals surface area contributed by atoms with Gasteiger partial charge in [0.15, 0.2) is 0 Å². The normalized spacial score (nSPS) is 19.4. The van der Waals surface area contributed by atoms with Gasteiger partial charge >= 0.3 is 0 Å². The molecular weight excluding hydrogens is 373 g/mol. The Kier molecular flexibility index (Phi) is 3.61. The maximum Gasteiger partial charge on any atom is 0.276 e. The first-order chi connectivity index (χ1) is 14.0. The number of ether oxygens (including phenoxy) is 1. The number of nitrogens with zero attached hydrogens (tertiary/aromatic N) is 1. The highest BCUT2D eigenvalue weighted by atomic mass is 19.1. The molecule has 2 amide bonds. The molecule has 1 atom stereocenters. The summed E-state index contributed by atoms with van der Waals surface area (Å²) in [5.74, 6) is -0.615. The second kappa shape index (κ2) is 6.07. The highest BCUT2D eigenvalue weighted by Gasteiger charge is 2.57. The lowest BCUT2D eigenvalue weighted by atomic mass is 9.92. The van der Waals surface area contributed by atoms with E-state index in [1.165, 1.54) is 36.3 Å². The number of hydrogen-bond donors (Lipinski definition) is 2. The van der Waals surface area contributed by atoms with Crippen molar-refractivity contribution in [1.82, 2.24) is 0 Å². The molecule has 0 bridgehead atoms. The monoisotopic (exact) mass is 389 g/mol. The van der Waals surface area contributed by atoms with Crippen molar-refractivity contribution >= 4 is 28.9 Å². The lowest BCUT2D eigenvalue weighted by Gasteiger charge is -2.44. The van der Waals surface area contributed by atoms with Crippen LogP contribution in [0.3, 0.4) is 0 Å². The van der Waals surface area contributed by atoms with E-state index in [-0.39, 0.29) is 5.91 Å². The van der Waals surface area contributed by atoms with Crippen molar-refractivity contribution in [2.75, 3.05) is 22.6 Å². The number of rotatable bonds is 2. The minimum Gasteiger partial charge on any atom is -0.497 e. The number of carbonyl (C=O) groups is 2. The minimum absolute atomic E-state index is 0.357. The minimum atomic E-state index is -1.51. The molecule has 144 valence electrons. The summed E-state index contributed by atoms with van der Waals surface area (Å²) in [4.78, 5) is 28.2. The lowest BCUT2D eigenvalue weighted by molar-refractivity contribution is -0.119. The maximum absolute atomic E-state index is 13.5. The van der Waals surface area contributed by atoms with Gasteiger partial charge in [-0.1, -0.05) is 12.1 Å². The van der Waals surface area contributed by atoms with Gasteiger partial charge in [-0.2, -0.15) is 0 Å². The Morgan fingerprint density at radius 1 is 0.966 bits per heavy atom. The van der Waals surface area contributed by atoms with Gasteiger partial charge in [-0.3, -0.25) is 14.5 Å². The first-order valence-electron chi connectivity index (χ1n) is 9.02. The number of amides is 2. The zero-order chi connectivity index (χ0) is 20.2. The predicted octanol–water partition coefficient (Wildman–Crippen LogP) is 3.71. The second-order valence-corrected chi connectivity index (χ2v) is 6.86. The van der Waals surface area contributed by atoms with Gasteiger partial charge in [-0.15, -0.1) is 0 Å². The molecule has 29 heavy (non-hydrogen) atoms. The van der Waals surface area contributed by atoms with Gasteiger partial charge in [0.25, 0.3) is 11.8 Å².